The largest absolute Gasteiger partial charge is 0.493 e. The molecule has 1 saturated heterocycles. The van der Waals surface area contributed by atoms with Gasteiger partial charge in [0.25, 0.3) is 11.8 Å². The SMILES string of the molecule is COc1cc(C(=O)N2CCN(Cc3csc(C)n3)CC2)ccc1OCC(=O)NC(C)C. The van der Waals surface area contributed by atoms with E-state index in [0.717, 1.165) is 30.3 Å². The van der Waals surface area contributed by atoms with Crippen molar-refractivity contribution in [3.05, 3.63) is 39.8 Å². The number of hydrogen-bond acceptors (Lipinski definition) is 7. The van der Waals surface area contributed by atoms with Crippen molar-refractivity contribution in [2.75, 3.05) is 39.9 Å². The highest BCUT2D eigenvalue weighted by molar-refractivity contribution is 7.09. The molecular weight excluding hydrogens is 416 g/mol. The summed E-state index contributed by atoms with van der Waals surface area (Å²) in [5, 5.41) is 5.94. The topological polar surface area (TPSA) is 84.0 Å². The summed E-state index contributed by atoms with van der Waals surface area (Å²) in [6.45, 7) is 9.44. The predicted octanol–water partition coefficient (Wildman–Crippen LogP) is 2.32. The van der Waals surface area contributed by atoms with Crippen LogP contribution in [-0.2, 0) is 11.3 Å². The van der Waals surface area contributed by atoms with Crippen LogP contribution in [0.5, 0.6) is 11.5 Å². The Morgan fingerprint density at radius 3 is 2.55 bits per heavy atom. The second-order valence-electron chi connectivity index (χ2n) is 7.80. The summed E-state index contributed by atoms with van der Waals surface area (Å²) in [7, 11) is 1.52. The number of methoxy groups -OCH3 is 1. The Hall–Kier alpha value is -2.65. The number of piperazine rings is 1. The van der Waals surface area contributed by atoms with Gasteiger partial charge in [0.2, 0.25) is 0 Å². The lowest BCUT2D eigenvalue weighted by atomic mass is 10.1. The van der Waals surface area contributed by atoms with Gasteiger partial charge in [-0.3, -0.25) is 14.5 Å². The van der Waals surface area contributed by atoms with Crippen LogP contribution in [0.1, 0.15) is 34.9 Å². The summed E-state index contributed by atoms with van der Waals surface area (Å²) >= 11 is 1.66. The van der Waals surface area contributed by atoms with Crippen LogP contribution in [-0.4, -0.2) is 72.5 Å². The Balaban J connectivity index is 1.56. The Kier molecular flexibility index (Phi) is 7.86. The van der Waals surface area contributed by atoms with Gasteiger partial charge in [-0.25, -0.2) is 4.98 Å². The minimum absolute atomic E-state index is 0.0356. The highest BCUT2D eigenvalue weighted by atomic mass is 32.1. The number of carbonyl (C=O) groups excluding carboxylic acids is 2. The van der Waals surface area contributed by atoms with E-state index in [1.54, 1.807) is 29.5 Å². The minimum atomic E-state index is -0.206. The first-order valence-electron chi connectivity index (χ1n) is 10.4. The predicted molar refractivity (Wildman–Crippen MR) is 120 cm³/mol. The van der Waals surface area contributed by atoms with E-state index in [0.29, 0.717) is 30.2 Å². The number of aromatic nitrogens is 1. The number of thiazole rings is 1. The first-order valence-corrected chi connectivity index (χ1v) is 11.3. The van der Waals surface area contributed by atoms with Gasteiger partial charge in [0.15, 0.2) is 18.1 Å². The number of benzene rings is 1. The number of aryl methyl sites for hydroxylation is 1. The fourth-order valence-electron chi connectivity index (χ4n) is 3.43. The molecule has 0 radical (unpaired) electrons. The fraction of sp³-hybridized carbons (Fsp3) is 0.500. The van der Waals surface area contributed by atoms with Crippen LogP contribution in [0.3, 0.4) is 0 Å². The van der Waals surface area contributed by atoms with E-state index < -0.39 is 0 Å². The zero-order valence-electron chi connectivity index (χ0n) is 18.5. The third-order valence-corrected chi connectivity index (χ3v) is 5.75. The Bertz CT molecular complexity index is 907. The molecule has 0 spiro atoms. The zero-order valence-corrected chi connectivity index (χ0v) is 19.3. The van der Waals surface area contributed by atoms with Crippen molar-refractivity contribution in [3.8, 4) is 11.5 Å². The summed E-state index contributed by atoms with van der Waals surface area (Å²) in [5.41, 5.74) is 1.63. The van der Waals surface area contributed by atoms with Gasteiger partial charge in [-0.1, -0.05) is 0 Å². The van der Waals surface area contributed by atoms with E-state index in [1.165, 1.54) is 7.11 Å². The second kappa shape index (κ2) is 10.6. The lowest BCUT2D eigenvalue weighted by molar-refractivity contribution is -0.123. The molecular formula is C22H30N4O4S. The number of rotatable bonds is 8. The monoisotopic (exact) mass is 446 g/mol. The van der Waals surface area contributed by atoms with E-state index in [4.69, 9.17) is 9.47 Å². The Morgan fingerprint density at radius 1 is 1.19 bits per heavy atom. The van der Waals surface area contributed by atoms with Crippen LogP contribution >= 0.6 is 11.3 Å². The van der Waals surface area contributed by atoms with Gasteiger partial charge >= 0.3 is 0 Å². The van der Waals surface area contributed by atoms with Crippen LogP contribution < -0.4 is 14.8 Å². The van der Waals surface area contributed by atoms with Gasteiger partial charge < -0.3 is 19.7 Å². The molecule has 168 valence electrons. The zero-order chi connectivity index (χ0) is 22.4. The molecule has 31 heavy (non-hydrogen) atoms. The number of nitrogens with one attached hydrogen (secondary N) is 1. The standard InChI is InChI=1S/C22H30N4O4S/c1-15(2)23-21(27)13-30-19-6-5-17(11-20(19)29-4)22(28)26-9-7-25(8-10-26)12-18-14-31-16(3)24-18/h5-6,11,14-15H,7-10,12-13H2,1-4H3,(H,23,27). The maximum Gasteiger partial charge on any atom is 0.258 e. The van der Waals surface area contributed by atoms with E-state index in [9.17, 15) is 9.59 Å². The van der Waals surface area contributed by atoms with Crippen molar-refractivity contribution < 1.29 is 19.1 Å². The smallest absolute Gasteiger partial charge is 0.258 e. The molecule has 0 saturated carbocycles. The lowest BCUT2D eigenvalue weighted by Crippen LogP contribution is -2.48. The van der Waals surface area contributed by atoms with E-state index in [-0.39, 0.29) is 24.5 Å². The number of ether oxygens (including phenoxy) is 2. The summed E-state index contributed by atoms with van der Waals surface area (Å²) in [6, 6.07) is 5.10. The van der Waals surface area contributed by atoms with E-state index in [2.05, 4.69) is 20.6 Å². The number of nitrogens with zero attached hydrogens (tertiary/aromatic N) is 3. The maximum atomic E-state index is 13.0. The molecule has 0 bridgehead atoms. The molecule has 8 nitrogen and oxygen atoms in total. The number of amides is 2. The third-order valence-electron chi connectivity index (χ3n) is 4.93. The van der Waals surface area contributed by atoms with Crippen molar-refractivity contribution in [1.82, 2.24) is 20.1 Å². The molecule has 2 heterocycles. The molecule has 1 aromatic heterocycles. The van der Waals surface area contributed by atoms with Gasteiger partial charge in [0, 0.05) is 49.7 Å². The first kappa shape index (κ1) is 23.0. The Labute approximate surface area is 187 Å². The molecule has 0 unspecified atom stereocenters. The molecule has 9 heteroatoms. The normalized spacial score (nSPS) is 14.5. The van der Waals surface area contributed by atoms with Crippen molar-refractivity contribution in [3.63, 3.8) is 0 Å². The fourth-order valence-corrected chi connectivity index (χ4v) is 4.03. The highest BCUT2D eigenvalue weighted by Gasteiger charge is 2.23. The van der Waals surface area contributed by atoms with Crippen LogP contribution in [0.4, 0.5) is 0 Å². The van der Waals surface area contributed by atoms with E-state index in [1.807, 2.05) is 25.7 Å². The molecule has 2 aromatic rings. The van der Waals surface area contributed by atoms with Crippen molar-refractivity contribution in [2.45, 2.75) is 33.4 Å². The van der Waals surface area contributed by atoms with Crippen molar-refractivity contribution in [2.24, 2.45) is 0 Å². The molecule has 1 aromatic carbocycles. The molecule has 0 atom stereocenters. The van der Waals surface area contributed by atoms with Gasteiger partial charge in [0.1, 0.15) is 0 Å². The Morgan fingerprint density at radius 2 is 1.94 bits per heavy atom. The molecule has 0 aliphatic carbocycles. The first-order chi connectivity index (χ1) is 14.9. The molecule has 2 amide bonds. The molecule has 1 fully saturated rings. The molecule has 1 aliphatic heterocycles. The van der Waals surface area contributed by atoms with Crippen LogP contribution in [0, 0.1) is 6.92 Å². The van der Waals surface area contributed by atoms with Crippen LogP contribution in [0.15, 0.2) is 23.6 Å². The van der Waals surface area contributed by atoms with E-state index >= 15 is 0 Å². The summed E-state index contributed by atoms with van der Waals surface area (Å²) in [6.07, 6.45) is 0. The number of carbonyl (C=O) groups is 2. The molecule has 1 aliphatic rings. The number of hydrogen-bond donors (Lipinski definition) is 1. The summed E-state index contributed by atoms with van der Waals surface area (Å²) < 4.78 is 11.0. The average molecular weight is 447 g/mol. The van der Waals surface area contributed by atoms with Crippen LogP contribution in [0.2, 0.25) is 0 Å². The maximum absolute atomic E-state index is 13.0. The summed E-state index contributed by atoms with van der Waals surface area (Å²) in [4.78, 5) is 33.5. The van der Waals surface area contributed by atoms with Gasteiger partial charge in [0.05, 0.1) is 17.8 Å². The van der Waals surface area contributed by atoms with Crippen molar-refractivity contribution >= 4 is 23.2 Å². The van der Waals surface area contributed by atoms with Crippen LogP contribution in [0.25, 0.3) is 0 Å². The third kappa shape index (κ3) is 6.41. The van der Waals surface area contributed by atoms with Gasteiger partial charge in [-0.05, 0) is 39.0 Å². The molecule has 3 rings (SSSR count). The highest BCUT2D eigenvalue weighted by Crippen LogP contribution is 2.28. The minimum Gasteiger partial charge on any atom is -0.493 e. The van der Waals surface area contributed by atoms with Gasteiger partial charge in [-0.2, -0.15) is 0 Å². The van der Waals surface area contributed by atoms with Gasteiger partial charge in [-0.15, -0.1) is 11.3 Å². The summed E-state index contributed by atoms with van der Waals surface area (Å²) in [5.74, 6) is 0.622. The lowest BCUT2D eigenvalue weighted by Gasteiger charge is -2.34. The second-order valence-corrected chi connectivity index (χ2v) is 8.86. The average Bonchev–Trinajstić information content (AvgIpc) is 3.16. The quantitative estimate of drug-likeness (QED) is 0.670. The molecule has 1 N–H and O–H groups in total. The van der Waals surface area contributed by atoms with Crippen molar-refractivity contribution in [1.29, 1.82) is 0 Å².